The number of carbonyl (C=O) groups excluding carboxylic acids is 1. The van der Waals surface area contributed by atoms with E-state index in [0.29, 0.717) is 11.0 Å². The molecule has 0 aliphatic carbocycles. The number of fused-ring (bicyclic) bond motifs is 1. The summed E-state index contributed by atoms with van der Waals surface area (Å²) in [6, 6.07) is 2.09. The first-order chi connectivity index (χ1) is 8.29. The number of nitrogens with zero attached hydrogens (tertiary/aromatic N) is 2. The van der Waals surface area contributed by atoms with Crippen LogP contribution in [-0.2, 0) is 11.3 Å². The van der Waals surface area contributed by atoms with Gasteiger partial charge in [0.2, 0.25) is 0 Å². The predicted molar refractivity (Wildman–Crippen MR) is 64.1 cm³/mol. The van der Waals surface area contributed by atoms with Gasteiger partial charge in [0.15, 0.2) is 17.4 Å². The van der Waals surface area contributed by atoms with Crippen molar-refractivity contribution in [3.63, 3.8) is 0 Å². The first kappa shape index (κ1) is 12.7. The lowest BCUT2D eigenvalue weighted by molar-refractivity contribution is -0.126. The Labute approximate surface area is 103 Å². The van der Waals surface area contributed by atoms with Gasteiger partial charge in [-0.3, -0.25) is 4.79 Å². The molecule has 0 spiro atoms. The quantitative estimate of drug-likeness (QED) is 0.823. The molecule has 0 amide bonds. The molecule has 1 aromatic carbocycles. The summed E-state index contributed by atoms with van der Waals surface area (Å²) in [5.74, 6) is -1.87. The Morgan fingerprint density at radius 3 is 2.50 bits per heavy atom. The van der Waals surface area contributed by atoms with Gasteiger partial charge in [0.05, 0.1) is 23.9 Å². The van der Waals surface area contributed by atoms with Crippen molar-refractivity contribution in [2.75, 3.05) is 0 Å². The zero-order valence-corrected chi connectivity index (χ0v) is 10.5. The van der Waals surface area contributed by atoms with Crippen molar-refractivity contribution < 1.29 is 13.6 Å². The van der Waals surface area contributed by atoms with E-state index in [1.54, 1.807) is 0 Å². The Kier molecular flexibility index (Phi) is 2.92. The fourth-order valence-corrected chi connectivity index (χ4v) is 1.57. The fourth-order valence-electron chi connectivity index (χ4n) is 1.57. The van der Waals surface area contributed by atoms with Gasteiger partial charge < -0.3 is 4.57 Å². The van der Waals surface area contributed by atoms with Crippen LogP contribution in [0.3, 0.4) is 0 Å². The summed E-state index contributed by atoms with van der Waals surface area (Å²) < 4.78 is 27.7. The van der Waals surface area contributed by atoms with E-state index in [1.807, 2.05) is 20.8 Å². The van der Waals surface area contributed by atoms with Gasteiger partial charge >= 0.3 is 0 Å². The van der Waals surface area contributed by atoms with Crippen molar-refractivity contribution in [2.45, 2.75) is 27.3 Å². The van der Waals surface area contributed by atoms with Crippen LogP contribution in [0.4, 0.5) is 8.78 Å². The van der Waals surface area contributed by atoms with Crippen LogP contribution in [0, 0.1) is 17.0 Å². The molecule has 0 aliphatic heterocycles. The summed E-state index contributed by atoms with van der Waals surface area (Å²) in [7, 11) is 0. The lowest BCUT2D eigenvalue weighted by atomic mass is 9.91. The summed E-state index contributed by atoms with van der Waals surface area (Å²) in [6.45, 7) is 5.54. The Morgan fingerprint density at radius 2 is 1.89 bits per heavy atom. The average molecular weight is 252 g/mol. The minimum atomic E-state index is -0.938. The first-order valence-corrected chi connectivity index (χ1v) is 5.62. The van der Waals surface area contributed by atoms with Gasteiger partial charge in [0, 0.05) is 17.5 Å². The lowest BCUT2D eigenvalue weighted by Crippen LogP contribution is -2.24. The molecule has 0 saturated heterocycles. The largest absolute Gasteiger partial charge is 0.323 e. The predicted octanol–water partition coefficient (Wildman–Crippen LogP) is 2.93. The number of benzene rings is 1. The highest BCUT2D eigenvalue weighted by Crippen LogP contribution is 2.20. The molecule has 18 heavy (non-hydrogen) atoms. The van der Waals surface area contributed by atoms with Gasteiger partial charge in [-0.2, -0.15) is 0 Å². The Hall–Kier alpha value is -1.78. The highest BCUT2D eigenvalue weighted by Gasteiger charge is 2.22. The van der Waals surface area contributed by atoms with Crippen molar-refractivity contribution >= 4 is 16.8 Å². The van der Waals surface area contributed by atoms with E-state index < -0.39 is 17.0 Å². The molecule has 0 aliphatic rings. The molecule has 0 fully saturated rings. The average Bonchev–Trinajstić information content (AvgIpc) is 2.61. The molecule has 0 N–H and O–H groups in total. The van der Waals surface area contributed by atoms with Crippen LogP contribution in [0.2, 0.25) is 0 Å². The number of halogens is 2. The van der Waals surface area contributed by atoms with Crippen LogP contribution in [0.25, 0.3) is 11.0 Å². The minimum Gasteiger partial charge on any atom is -0.323 e. The molecule has 1 aromatic heterocycles. The maximum atomic E-state index is 13.2. The van der Waals surface area contributed by atoms with Crippen LogP contribution >= 0.6 is 0 Å². The zero-order valence-electron chi connectivity index (χ0n) is 10.5. The van der Waals surface area contributed by atoms with E-state index in [9.17, 15) is 13.6 Å². The second-order valence-corrected chi connectivity index (χ2v) is 5.30. The Morgan fingerprint density at radius 1 is 1.28 bits per heavy atom. The summed E-state index contributed by atoms with van der Waals surface area (Å²) in [5, 5.41) is 0. The number of Topliss-reactive ketones (excluding diaryl/α,β-unsaturated/α-hetero) is 1. The standard InChI is InChI=1S/C13H14F2N2O/c1-13(2,3)12(18)6-17-7-16-10-4-8(14)9(15)5-11(10)17/h4-5,7H,6H2,1-3H3. The topological polar surface area (TPSA) is 34.9 Å². The van der Waals surface area contributed by atoms with Crippen LogP contribution in [0.15, 0.2) is 18.5 Å². The second kappa shape index (κ2) is 4.15. The summed E-state index contributed by atoms with van der Waals surface area (Å²) in [4.78, 5) is 15.9. The van der Waals surface area contributed by atoms with Crippen LogP contribution in [-0.4, -0.2) is 15.3 Å². The molecule has 5 heteroatoms. The smallest absolute Gasteiger partial charge is 0.161 e. The molecule has 0 saturated carbocycles. The molecular formula is C13H14F2N2O. The number of imidazole rings is 1. The zero-order chi connectivity index (χ0) is 13.5. The maximum Gasteiger partial charge on any atom is 0.161 e. The number of ketones is 1. The third-order valence-corrected chi connectivity index (χ3v) is 2.81. The highest BCUT2D eigenvalue weighted by atomic mass is 19.2. The third-order valence-electron chi connectivity index (χ3n) is 2.81. The van der Waals surface area contributed by atoms with E-state index >= 15 is 0 Å². The maximum absolute atomic E-state index is 13.2. The minimum absolute atomic E-state index is 0.00605. The van der Waals surface area contributed by atoms with E-state index in [-0.39, 0.29) is 12.3 Å². The monoisotopic (exact) mass is 252 g/mol. The van der Waals surface area contributed by atoms with Crippen molar-refractivity contribution in [3.8, 4) is 0 Å². The third kappa shape index (κ3) is 2.25. The van der Waals surface area contributed by atoms with Crippen molar-refractivity contribution in [3.05, 3.63) is 30.1 Å². The first-order valence-electron chi connectivity index (χ1n) is 5.62. The van der Waals surface area contributed by atoms with E-state index in [4.69, 9.17) is 0 Å². The van der Waals surface area contributed by atoms with Crippen molar-refractivity contribution in [2.24, 2.45) is 5.41 Å². The summed E-state index contributed by atoms with van der Waals surface area (Å²) >= 11 is 0. The number of hydrogen-bond acceptors (Lipinski definition) is 2. The van der Waals surface area contributed by atoms with Crippen LogP contribution in [0.1, 0.15) is 20.8 Å². The molecule has 1 heterocycles. The fraction of sp³-hybridized carbons (Fsp3) is 0.385. The number of carbonyl (C=O) groups is 1. The molecule has 0 bridgehead atoms. The SMILES string of the molecule is CC(C)(C)C(=O)Cn1cnc2cc(F)c(F)cc21. The van der Waals surface area contributed by atoms with Gasteiger partial charge in [-0.15, -0.1) is 0 Å². The molecule has 0 unspecified atom stereocenters. The molecule has 3 nitrogen and oxygen atoms in total. The molecule has 2 aromatic rings. The van der Waals surface area contributed by atoms with E-state index in [1.165, 1.54) is 10.9 Å². The number of aromatic nitrogens is 2. The molecular weight excluding hydrogens is 238 g/mol. The van der Waals surface area contributed by atoms with Gasteiger partial charge in [0.1, 0.15) is 0 Å². The van der Waals surface area contributed by atoms with Gasteiger partial charge in [-0.25, -0.2) is 13.8 Å². The Bertz CT molecular complexity index is 611. The van der Waals surface area contributed by atoms with Crippen molar-refractivity contribution in [1.82, 2.24) is 9.55 Å². The summed E-state index contributed by atoms with van der Waals surface area (Å²) in [5.41, 5.74) is 0.289. The lowest BCUT2D eigenvalue weighted by Gasteiger charge is -2.16. The number of rotatable bonds is 2. The Balaban J connectivity index is 2.41. The van der Waals surface area contributed by atoms with E-state index in [0.717, 1.165) is 12.1 Å². The van der Waals surface area contributed by atoms with Crippen LogP contribution in [0.5, 0.6) is 0 Å². The van der Waals surface area contributed by atoms with Gasteiger partial charge in [-0.05, 0) is 0 Å². The van der Waals surface area contributed by atoms with Crippen molar-refractivity contribution in [1.29, 1.82) is 0 Å². The van der Waals surface area contributed by atoms with Gasteiger partial charge in [0.25, 0.3) is 0 Å². The van der Waals surface area contributed by atoms with Crippen LogP contribution < -0.4 is 0 Å². The molecule has 0 atom stereocenters. The normalized spacial score (nSPS) is 12.1. The van der Waals surface area contributed by atoms with Gasteiger partial charge in [-0.1, -0.05) is 20.8 Å². The molecule has 0 radical (unpaired) electrons. The number of hydrogen-bond donors (Lipinski definition) is 0. The molecule has 2 rings (SSSR count). The molecule has 96 valence electrons. The van der Waals surface area contributed by atoms with E-state index in [2.05, 4.69) is 4.98 Å². The summed E-state index contributed by atoms with van der Waals surface area (Å²) in [6.07, 6.45) is 1.42. The highest BCUT2D eigenvalue weighted by molar-refractivity contribution is 5.85. The second-order valence-electron chi connectivity index (χ2n) is 5.30.